The summed E-state index contributed by atoms with van der Waals surface area (Å²) in [6.45, 7) is 1.97. The summed E-state index contributed by atoms with van der Waals surface area (Å²) in [5, 5.41) is 29.4. The minimum absolute atomic E-state index is 0.0188. The Hall–Kier alpha value is -3.29. The van der Waals surface area contributed by atoms with Gasteiger partial charge in [-0.1, -0.05) is 16.9 Å². The average Bonchev–Trinajstić information content (AvgIpc) is 3.19. The van der Waals surface area contributed by atoms with Crippen molar-refractivity contribution in [2.24, 2.45) is 0 Å². The molecule has 33 heavy (non-hydrogen) atoms. The normalized spacial score (nSPS) is 11.3. The molecule has 0 unspecified atom stereocenters. The van der Waals surface area contributed by atoms with Gasteiger partial charge in [-0.3, -0.25) is 10.0 Å². The van der Waals surface area contributed by atoms with Gasteiger partial charge in [-0.25, -0.2) is 4.98 Å². The van der Waals surface area contributed by atoms with Crippen molar-refractivity contribution in [3.8, 4) is 0 Å². The molecule has 0 atom stereocenters. The molecule has 3 aromatic rings. The third kappa shape index (κ3) is 6.60. The quantitative estimate of drug-likeness (QED) is 0.233. The Morgan fingerprint density at radius 3 is 2.73 bits per heavy atom. The van der Waals surface area contributed by atoms with Crippen molar-refractivity contribution in [1.82, 2.24) is 15.5 Å². The fourth-order valence-electron chi connectivity index (χ4n) is 2.79. The van der Waals surface area contributed by atoms with Crippen LogP contribution >= 0.6 is 11.8 Å². The number of nitrogens with one attached hydrogen (secondary N) is 2. The third-order valence-electron chi connectivity index (χ3n) is 4.30. The molecule has 0 fully saturated rings. The second-order valence-corrected chi connectivity index (χ2v) is 7.73. The number of carbonyl (C=O) groups is 1. The van der Waals surface area contributed by atoms with Crippen LogP contribution in [-0.4, -0.2) is 34.3 Å². The molecule has 1 aromatic carbocycles. The maximum atomic E-state index is 12.8. The monoisotopic (exact) mass is 482 g/mol. The van der Waals surface area contributed by atoms with E-state index in [9.17, 15) is 23.2 Å². The van der Waals surface area contributed by atoms with Gasteiger partial charge in [0.1, 0.15) is 10.8 Å². The Labute approximate surface area is 190 Å². The first-order chi connectivity index (χ1) is 15.6. The summed E-state index contributed by atoms with van der Waals surface area (Å²) >= 11 is 1.31. The van der Waals surface area contributed by atoms with Crippen LogP contribution in [0.4, 0.5) is 24.5 Å². The number of hydrogen-bond donors (Lipinski definition) is 3. The number of anilines is 2. The van der Waals surface area contributed by atoms with Crippen LogP contribution in [0, 0.1) is 12.1 Å². The van der Waals surface area contributed by atoms with E-state index in [-0.39, 0.29) is 18.8 Å². The molecular formula is C20H19F3N5O4S-. The summed E-state index contributed by atoms with van der Waals surface area (Å²) in [7, 11) is 0. The fourth-order valence-corrected chi connectivity index (χ4v) is 3.65. The van der Waals surface area contributed by atoms with Gasteiger partial charge >= 0.3 is 6.18 Å². The summed E-state index contributed by atoms with van der Waals surface area (Å²) in [6, 6.07) is 7.35. The molecular weight excluding hydrogens is 463 g/mol. The summed E-state index contributed by atoms with van der Waals surface area (Å²) < 4.78 is 43.6. The Morgan fingerprint density at radius 1 is 1.27 bits per heavy atom. The lowest BCUT2D eigenvalue weighted by molar-refractivity contribution is -0.137. The molecule has 0 spiro atoms. The number of amides is 1. The standard InChI is InChI=1S/C20H19F3N5O4S/c1-12-9-14(32-27-12)11-33-19-15(3-2-6-26-19)18(29)25-8-7-24-16-5-4-13(20(21,22)23)10-17(16)28(30)31/h2-6,9-10,24,30H,7-8,11H2,1H3,(H,25,29)/q-1. The van der Waals surface area contributed by atoms with E-state index in [1.165, 1.54) is 11.8 Å². The highest BCUT2D eigenvalue weighted by molar-refractivity contribution is 7.98. The van der Waals surface area contributed by atoms with Crippen molar-refractivity contribution < 1.29 is 27.7 Å². The van der Waals surface area contributed by atoms with Crippen LogP contribution in [0.5, 0.6) is 0 Å². The molecule has 13 heteroatoms. The number of nitrogens with zero attached hydrogens (tertiary/aromatic N) is 3. The molecule has 3 N–H and O–H groups in total. The summed E-state index contributed by atoms with van der Waals surface area (Å²) in [6.07, 6.45) is -3.11. The topological polar surface area (TPSA) is 127 Å². The van der Waals surface area contributed by atoms with E-state index in [1.54, 1.807) is 31.3 Å². The van der Waals surface area contributed by atoms with Gasteiger partial charge in [0.2, 0.25) is 0 Å². The van der Waals surface area contributed by atoms with Crippen LogP contribution in [0.1, 0.15) is 27.4 Å². The molecule has 0 saturated heterocycles. The van der Waals surface area contributed by atoms with E-state index >= 15 is 0 Å². The van der Waals surface area contributed by atoms with Crippen molar-refractivity contribution in [3.63, 3.8) is 0 Å². The second kappa shape index (κ2) is 10.6. The average molecular weight is 482 g/mol. The lowest BCUT2D eigenvalue weighted by atomic mass is 10.1. The summed E-state index contributed by atoms with van der Waals surface area (Å²) in [4.78, 5) is 16.8. The minimum atomic E-state index is -4.66. The molecule has 0 saturated carbocycles. The predicted molar refractivity (Wildman–Crippen MR) is 115 cm³/mol. The van der Waals surface area contributed by atoms with Crippen LogP contribution in [0.3, 0.4) is 0 Å². The lowest BCUT2D eigenvalue weighted by Crippen LogP contribution is -2.29. The number of aromatic nitrogens is 2. The van der Waals surface area contributed by atoms with Crippen LogP contribution in [0.15, 0.2) is 52.1 Å². The zero-order valence-corrected chi connectivity index (χ0v) is 18.0. The molecule has 0 radical (unpaired) electrons. The lowest BCUT2D eigenvalue weighted by Gasteiger charge is -2.26. The fraction of sp³-hybridized carbons (Fsp3) is 0.250. The van der Waals surface area contributed by atoms with Crippen molar-refractivity contribution in [3.05, 3.63) is 70.4 Å². The maximum absolute atomic E-state index is 12.8. The zero-order chi connectivity index (χ0) is 24.0. The first kappa shape index (κ1) is 24.4. The third-order valence-corrected chi connectivity index (χ3v) is 5.33. The number of halogens is 3. The number of carbonyl (C=O) groups excluding carboxylic acids is 1. The number of alkyl halides is 3. The van der Waals surface area contributed by atoms with Gasteiger partial charge in [0.05, 0.1) is 33.9 Å². The van der Waals surface area contributed by atoms with E-state index in [2.05, 4.69) is 20.8 Å². The molecule has 3 rings (SSSR count). The van der Waals surface area contributed by atoms with Gasteiger partial charge in [-0.05, 0) is 37.3 Å². The molecule has 2 aromatic heterocycles. The van der Waals surface area contributed by atoms with Crippen LogP contribution in [-0.2, 0) is 11.9 Å². The SMILES string of the molecule is Cc1cc(CSc2ncccc2C(=O)NCCNc2ccc(C(F)(F)F)cc2N([O-])O)on1. The van der Waals surface area contributed by atoms with Crippen LogP contribution in [0.25, 0.3) is 0 Å². The Kier molecular flexibility index (Phi) is 7.79. The summed E-state index contributed by atoms with van der Waals surface area (Å²) in [5.74, 6) is 0.673. The van der Waals surface area contributed by atoms with E-state index in [0.717, 1.165) is 17.8 Å². The molecule has 9 nitrogen and oxygen atoms in total. The second-order valence-electron chi connectivity index (χ2n) is 6.76. The number of aryl methyl sites for hydroxylation is 1. The first-order valence-corrected chi connectivity index (χ1v) is 10.5. The predicted octanol–water partition coefficient (Wildman–Crippen LogP) is 4.22. The van der Waals surface area contributed by atoms with Gasteiger partial charge in [0.25, 0.3) is 5.91 Å². The zero-order valence-electron chi connectivity index (χ0n) is 17.2. The number of pyridine rings is 1. The van der Waals surface area contributed by atoms with E-state index < -0.39 is 28.6 Å². The first-order valence-electron chi connectivity index (χ1n) is 9.54. The van der Waals surface area contributed by atoms with Crippen molar-refractivity contribution in [1.29, 1.82) is 0 Å². The smallest absolute Gasteiger partial charge is 0.416 e. The van der Waals surface area contributed by atoms with Gasteiger partial charge in [-0.15, -0.1) is 0 Å². The van der Waals surface area contributed by atoms with Gasteiger partial charge in [0.15, 0.2) is 0 Å². The molecule has 176 valence electrons. The highest BCUT2D eigenvalue weighted by Crippen LogP contribution is 2.35. The number of rotatable bonds is 9. The van der Waals surface area contributed by atoms with Crippen molar-refractivity contribution in [2.75, 3.05) is 23.6 Å². The van der Waals surface area contributed by atoms with Gasteiger partial charge < -0.3 is 25.6 Å². The van der Waals surface area contributed by atoms with Gasteiger partial charge in [0, 0.05) is 25.4 Å². The van der Waals surface area contributed by atoms with Gasteiger partial charge in [-0.2, -0.15) is 13.2 Å². The number of thioether (sulfide) groups is 1. The molecule has 2 heterocycles. The molecule has 1 amide bonds. The largest absolute Gasteiger partial charge is 0.733 e. The molecule has 0 aliphatic heterocycles. The van der Waals surface area contributed by atoms with Crippen LogP contribution < -0.4 is 15.9 Å². The molecule has 0 aliphatic rings. The Balaban J connectivity index is 1.57. The van der Waals surface area contributed by atoms with Crippen molar-refractivity contribution in [2.45, 2.75) is 23.9 Å². The number of hydrogen-bond acceptors (Lipinski definition) is 9. The van der Waals surface area contributed by atoms with Crippen molar-refractivity contribution >= 4 is 29.0 Å². The highest BCUT2D eigenvalue weighted by Gasteiger charge is 2.31. The highest BCUT2D eigenvalue weighted by atomic mass is 32.2. The molecule has 0 bridgehead atoms. The number of benzene rings is 1. The Morgan fingerprint density at radius 2 is 2.06 bits per heavy atom. The van der Waals surface area contributed by atoms with Crippen LogP contribution in [0.2, 0.25) is 0 Å². The Bertz CT molecular complexity index is 1110. The van der Waals surface area contributed by atoms with E-state index in [0.29, 0.717) is 28.2 Å². The minimum Gasteiger partial charge on any atom is -0.733 e. The maximum Gasteiger partial charge on any atom is 0.416 e. The summed E-state index contributed by atoms with van der Waals surface area (Å²) in [5.41, 5.74) is -0.600. The van der Waals surface area contributed by atoms with E-state index in [1.807, 2.05) is 0 Å². The molecule has 0 aliphatic carbocycles. The van der Waals surface area contributed by atoms with E-state index in [4.69, 9.17) is 9.73 Å².